The summed E-state index contributed by atoms with van der Waals surface area (Å²) in [5.74, 6) is 0. The highest BCUT2D eigenvalue weighted by Crippen LogP contribution is 1.89. The Kier molecular flexibility index (Phi) is 6.25. The fourth-order valence-corrected chi connectivity index (χ4v) is 0.885. The van der Waals surface area contributed by atoms with Crippen LogP contribution in [0.2, 0.25) is 0 Å². The number of rotatable bonds is 0. The summed E-state index contributed by atoms with van der Waals surface area (Å²) in [7, 11) is -2.12. The minimum atomic E-state index is -2.12. The van der Waals surface area contributed by atoms with Crippen molar-refractivity contribution in [2.75, 3.05) is 32.4 Å². The first-order valence-corrected chi connectivity index (χ1v) is 5.49. The summed E-state index contributed by atoms with van der Waals surface area (Å²) >= 11 is 0. The van der Waals surface area contributed by atoms with Crippen LogP contribution in [0.25, 0.3) is 0 Å². The molecule has 0 saturated carbocycles. The van der Waals surface area contributed by atoms with Gasteiger partial charge in [-0.25, -0.2) is 13.2 Å². The minimum absolute atomic E-state index is 0.309. The molecule has 7 heteroatoms. The lowest BCUT2D eigenvalue weighted by Crippen LogP contribution is -2.48. The quantitative estimate of drug-likeness (QED) is 0.410. The van der Waals surface area contributed by atoms with Crippen molar-refractivity contribution in [3.8, 4) is 0 Å². The summed E-state index contributed by atoms with van der Waals surface area (Å²) in [6.07, 6.45) is 1.12. The van der Waals surface area contributed by atoms with E-state index in [9.17, 15) is 4.79 Å². The number of amides is 2. The number of thiol groups is 1. The normalized spacial score (nSPS) is 16.3. The Hall–Kier alpha value is -0.820. The molecular weight excluding hydrogens is 194 g/mol. The third kappa shape index (κ3) is 7.54. The van der Waals surface area contributed by atoms with Crippen molar-refractivity contribution in [1.29, 1.82) is 0 Å². The van der Waals surface area contributed by atoms with E-state index in [4.69, 9.17) is 14.2 Å². The van der Waals surface area contributed by atoms with Gasteiger partial charge in [-0.1, -0.05) is 0 Å². The van der Waals surface area contributed by atoms with Gasteiger partial charge in [0.2, 0.25) is 0 Å². The first kappa shape index (κ1) is 12.2. The van der Waals surface area contributed by atoms with Crippen molar-refractivity contribution in [1.82, 2.24) is 10.2 Å². The molecule has 0 aromatic heterocycles. The molecule has 6 nitrogen and oxygen atoms in total. The van der Waals surface area contributed by atoms with E-state index in [0.29, 0.717) is 0 Å². The van der Waals surface area contributed by atoms with Crippen molar-refractivity contribution in [2.45, 2.75) is 0 Å². The van der Waals surface area contributed by atoms with Crippen LogP contribution in [0.5, 0.6) is 0 Å². The smallest absolute Gasteiger partial charge is 0.314 e. The number of urea groups is 1. The Morgan fingerprint density at radius 1 is 1.38 bits per heavy atom. The third-order valence-electron chi connectivity index (χ3n) is 1.43. The van der Waals surface area contributed by atoms with Crippen LogP contribution in [-0.2, 0) is 10.7 Å². The second kappa shape index (κ2) is 6.67. The van der Waals surface area contributed by atoms with Gasteiger partial charge in [-0.05, 0) is 0 Å². The van der Waals surface area contributed by atoms with Gasteiger partial charge in [0.1, 0.15) is 10.7 Å². The molecule has 2 amide bonds. The van der Waals surface area contributed by atoms with Gasteiger partial charge in [0.25, 0.3) is 0 Å². The van der Waals surface area contributed by atoms with E-state index in [1.807, 2.05) is 0 Å². The van der Waals surface area contributed by atoms with E-state index in [1.165, 1.54) is 0 Å². The van der Waals surface area contributed by atoms with Gasteiger partial charge in [0.05, 0.1) is 0 Å². The van der Waals surface area contributed by atoms with Crippen LogP contribution in [0.15, 0.2) is 0 Å². The molecule has 0 unspecified atom stereocenters. The molecule has 1 saturated heterocycles. The van der Waals surface area contributed by atoms with Crippen LogP contribution in [-0.4, -0.2) is 51.8 Å². The molecule has 1 fully saturated rings. The topological polar surface area (TPSA) is 92.5 Å². The molecule has 13 heavy (non-hydrogen) atoms. The van der Waals surface area contributed by atoms with E-state index < -0.39 is 10.7 Å². The summed E-state index contributed by atoms with van der Waals surface area (Å²) < 4.78 is 18.1. The Labute approximate surface area is 79.0 Å². The third-order valence-corrected chi connectivity index (χ3v) is 1.43. The molecule has 1 aliphatic heterocycles. The van der Waals surface area contributed by atoms with Gasteiger partial charge in [-0.2, -0.15) is 0 Å². The van der Waals surface area contributed by atoms with Crippen molar-refractivity contribution in [3.05, 3.63) is 0 Å². The number of hydrogen-bond donors (Lipinski definition) is 3. The van der Waals surface area contributed by atoms with Crippen molar-refractivity contribution in [3.63, 3.8) is 0 Å². The molecule has 78 valence electrons. The number of piperazine rings is 1. The lowest BCUT2D eigenvalue weighted by Gasteiger charge is -2.25. The van der Waals surface area contributed by atoms with E-state index in [0.717, 1.165) is 32.4 Å². The molecule has 3 N–H and O–H groups in total. The van der Waals surface area contributed by atoms with Gasteiger partial charge in [0.15, 0.2) is 0 Å². The Balaban J connectivity index is 0.000000310. The molecule has 0 radical (unpaired) electrons. The molecule has 1 rings (SSSR count). The minimum Gasteiger partial charge on any atom is -0.351 e. The van der Waals surface area contributed by atoms with E-state index >= 15 is 0 Å². The first-order valence-electron chi connectivity index (χ1n) is 3.87. The highest BCUT2D eigenvalue weighted by molar-refractivity contribution is 7.71. The maximum absolute atomic E-state index is 10.5. The van der Waals surface area contributed by atoms with Crippen LogP contribution < -0.4 is 11.1 Å². The Morgan fingerprint density at radius 3 is 2.00 bits per heavy atom. The maximum Gasteiger partial charge on any atom is 0.314 e. The number of carbonyl (C=O) groups is 1. The molecule has 0 spiro atoms. The number of nitrogens with two attached hydrogens (primary N) is 1. The number of nitrogens with zero attached hydrogens (tertiary/aromatic N) is 1. The summed E-state index contributed by atoms with van der Waals surface area (Å²) in [6, 6.07) is -0.309. The fraction of sp³-hybridized carbons (Fsp3) is 0.833. The largest absolute Gasteiger partial charge is 0.351 e. The molecule has 0 bridgehead atoms. The first-order chi connectivity index (χ1) is 6.04. The molecule has 0 aliphatic carbocycles. The van der Waals surface area contributed by atoms with Crippen LogP contribution in [0.4, 0.5) is 4.79 Å². The van der Waals surface area contributed by atoms with Gasteiger partial charge in [0, 0.05) is 32.4 Å². The maximum atomic E-state index is 10.5. The van der Waals surface area contributed by atoms with Gasteiger partial charge in [-0.15, -0.1) is 0 Å². The average Bonchev–Trinajstić information content (AvgIpc) is 2.05. The average molecular weight is 209 g/mol. The Morgan fingerprint density at radius 2 is 1.77 bits per heavy atom. The second-order valence-corrected chi connectivity index (χ2v) is 3.39. The molecule has 1 heterocycles. The zero-order chi connectivity index (χ0) is 10.3. The number of primary amides is 1. The number of nitrogens with one attached hydrogen (secondary N) is 1. The van der Waals surface area contributed by atoms with Crippen molar-refractivity contribution in [2.24, 2.45) is 5.73 Å². The molecule has 0 aromatic carbocycles. The summed E-state index contributed by atoms with van der Waals surface area (Å²) in [5.41, 5.74) is 5.03. The standard InChI is InChI=1S/C5H11N3O.CH4O2S/c6-5(9)8-3-1-7-2-4-8;1-4(2)3/h7H,1-4H2,(H2,6,9);4H,1H3. The van der Waals surface area contributed by atoms with Crippen LogP contribution in [0.3, 0.4) is 0 Å². The van der Waals surface area contributed by atoms with E-state index in [1.54, 1.807) is 4.90 Å². The summed E-state index contributed by atoms with van der Waals surface area (Å²) in [6.45, 7) is 3.22. The molecule has 0 atom stereocenters. The highest BCUT2D eigenvalue weighted by Gasteiger charge is 2.11. The zero-order valence-corrected chi connectivity index (χ0v) is 8.42. The Bertz CT molecular complexity index is 215. The van der Waals surface area contributed by atoms with E-state index in [2.05, 4.69) is 5.32 Å². The number of hydrogen-bond acceptors (Lipinski definition) is 4. The molecule has 0 aromatic rings. The monoisotopic (exact) mass is 209 g/mol. The predicted molar refractivity (Wildman–Crippen MR) is 50.3 cm³/mol. The van der Waals surface area contributed by atoms with Crippen LogP contribution >= 0.6 is 0 Å². The lowest BCUT2D eigenvalue weighted by molar-refractivity contribution is 0.200. The van der Waals surface area contributed by atoms with Gasteiger partial charge >= 0.3 is 6.03 Å². The molecule has 1 aliphatic rings. The van der Waals surface area contributed by atoms with Crippen molar-refractivity contribution >= 4 is 16.7 Å². The second-order valence-electron chi connectivity index (χ2n) is 2.51. The lowest BCUT2D eigenvalue weighted by atomic mass is 10.4. The predicted octanol–water partition coefficient (Wildman–Crippen LogP) is -1.80. The zero-order valence-electron chi connectivity index (χ0n) is 7.52. The summed E-state index contributed by atoms with van der Waals surface area (Å²) in [4.78, 5) is 12.1. The highest BCUT2D eigenvalue weighted by atomic mass is 32.2. The summed E-state index contributed by atoms with van der Waals surface area (Å²) in [5, 5.41) is 3.12. The van der Waals surface area contributed by atoms with Crippen LogP contribution in [0, 0.1) is 0 Å². The fourth-order valence-electron chi connectivity index (χ4n) is 0.885. The van der Waals surface area contributed by atoms with Gasteiger partial charge in [-0.3, -0.25) is 0 Å². The molecular formula is C6H15N3O3S. The number of carbonyl (C=O) groups excluding carboxylic acids is 1. The van der Waals surface area contributed by atoms with E-state index in [-0.39, 0.29) is 6.03 Å². The SMILES string of the molecule is C[SH](=O)=O.NC(=O)N1CCNCC1. The van der Waals surface area contributed by atoms with Crippen molar-refractivity contribution < 1.29 is 13.2 Å². The van der Waals surface area contributed by atoms with Gasteiger partial charge < -0.3 is 16.0 Å². The van der Waals surface area contributed by atoms with Crippen LogP contribution in [0.1, 0.15) is 0 Å².